The van der Waals surface area contributed by atoms with E-state index < -0.39 is 21.7 Å². The zero-order valence-corrected chi connectivity index (χ0v) is 14.9. The first-order chi connectivity index (χ1) is 11.2. The van der Waals surface area contributed by atoms with Crippen LogP contribution in [0.4, 0.5) is 0 Å². The van der Waals surface area contributed by atoms with Crippen molar-refractivity contribution >= 4 is 33.3 Å². The topological polar surface area (TPSA) is 89.5 Å². The number of carbonyl (C=O) groups is 2. The van der Waals surface area contributed by atoms with Crippen LogP contribution in [0.25, 0.3) is 0 Å². The molecular weight excluding hydrogens is 354 g/mol. The van der Waals surface area contributed by atoms with Crippen molar-refractivity contribution < 1.29 is 22.7 Å². The summed E-state index contributed by atoms with van der Waals surface area (Å²) in [4.78, 5) is 23.5. The fourth-order valence-corrected chi connectivity index (χ4v) is 4.68. The number of sulfone groups is 1. The van der Waals surface area contributed by atoms with E-state index in [4.69, 9.17) is 16.3 Å². The molecule has 0 spiro atoms. The van der Waals surface area contributed by atoms with Gasteiger partial charge in [0.2, 0.25) is 0 Å². The summed E-state index contributed by atoms with van der Waals surface area (Å²) in [7, 11) is -3.02. The highest BCUT2D eigenvalue weighted by atomic mass is 35.5. The number of ether oxygens (including phenoxy) is 1. The van der Waals surface area contributed by atoms with Crippen LogP contribution in [0.5, 0.6) is 0 Å². The number of esters is 1. The van der Waals surface area contributed by atoms with Crippen LogP contribution in [-0.4, -0.2) is 38.4 Å². The lowest BCUT2D eigenvalue weighted by atomic mass is 10.1. The van der Waals surface area contributed by atoms with Crippen LogP contribution in [0.15, 0.2) is 24.3 Å². The molecule has 0 radical (unpaired) electrons. The summed E-state index contributed by atoms with van der Waals surface area (Å²) in [5.41, 5.74) is 0.846. The average Bonchev–Trinajstić information content (AvgIpc) is 2.84. The second kappa shape index (κ2) is 7.98. The van der Waals surface area contributed by atoms with E-state index in [9.17, 15) is 18.0 Å². The number of carbonyl (C=O) groups excluding carboxylic acids is 2. The van der Waals surface area contributed by atoms with Crippen LogP contribution >= 0.6 is 11.6 Å². The molecule has 1 fully saturated rings. The Labute approximate surface area is 146 Å². The van der Waals surface area contributed by atoms with Gasteiger partial charge in [-0.25, -0.2) is 8.42 Å². The summed E-state index contributed by atoms with van der Waals surface area (Å²) in [5.74, 6) is -1.06. The van der Waals surface area contributed by atoms with Crippen molar-refractivity contribution in [1.82, 2.24) is 5.32 Å². The van der Waals surface area contributed by atoms with Crippen LogP contribution in [0, 0.1) is 5.92 Å². The maximum atomic E-state index is 11.8. The summed E-state index contributed by atoms with van der Waals surface area (Å²) in [5, 5.41) is 3.29. The number of rotatable bonds is 6. The largest absolute Gasteiger partial charge is 0.456 e. The number of hydrogen-bond acceptors (Lipinski definition) is 5. The fourth-order valence-electron chi connectivity index (χ4n) is 2.62. The summed E-state index contributed by atoms with van der Waals surface area (Å²) in [6.45, 7) is 1.41. The Kier molecular flexibility index (Phi) is 6.23. The minimum absolute atomic E-state index is 0.0140. The van der Waals surface area contributed by atoms with Gasteiger partial charge in [-0.05, 0) is 37.0 Å². The molecule has 0 saturated carbocycles. The van der Waals surface area contributed by atoms with Crippen LogP contribution in [0.3, 0.4) is 0 Å². The third-order valence-electron chi connectivity index (χ3n) is 3.87. The van der Waals surface area contributed by atoms with Gasteiger partial charge < -0.3 is 10.1 Å². The molecule has 1 aliphatic heterocycles. The number of nitrogens with one attached hydrogen (secondary N) is 1. The van der Waals surface area contributed by atoms with Crippen LogP contribution < -0.4 is 5.32 Å². The molecule has 1 heterocycles. The number of amides is 1. The molecule has 1 aromatic rings. The average molecular weight is 374 g/mol. The van der Waals surface area contributed by atoms with Crippen LogP contribution in [0.1, 0.15) is 31.4 Å². The van der Waals surface area contributed by atoms with Crippen molar-refractivity contribution in [1.29, 1.82) is 0 Å². The number of halogens is 1. The summed E-state index contributed by atoms with van der Waals surface area (Å²) < 4.78 is 27.6. The standard InChI is InChI=1S/C16H20ClNO5S/c1-11(13-3-2-4-14(17)8-13)18-15(19)9-23-16(20)7-12-5-6-24(21,22)10-12/h2-4,8,11-12H,5-7,9-10H2,1H3,(H,18,19)/t11-,12-/m0/s1. The normalized spacial score (nSPS) is 20.3. The van der Waals surface area contributed by atoms with E-state index in [1.807, 2.05) is 6.07 Å². The Hall–Kier alpha value is -1.60. The van der Waals surface area contributed by atoms with Gasteiger partial charge in [-0.2, -0.15) is 0 Å². The molecule has 2 atom stereocenters. The van der Waals surface area contributed by atoms with Crippen molar-refractivity contribution in [3.8, 4) is 0 Å². The Morgan fingerprint density at radius 3 is 2.79 bits per heavy atom. The Morgan fingerprint density at radius 1 is 1.42 bits per heavy atom. The molecule has 132 valence electrons. The van der Waals surface area contributed by atoms with E-state index >= 15 is 0 Å². The molecule has 8 heteroatoms. The Balaban J connectivity index is 1.73. The smallest absolute Gasteiger partial charge is 0.306 e. The maximum absolute atomic E-state index is 11.8. The van der Waals surface area contributed by atoms with Crippen molar-refractivity contribution in [2.75, 3.05) is 18.1 Å². The van der Waals surface area contributed by atoms with Crippen molar-refractivity contribution in [3.05, 3.63) is 34.9 Å². The minimum atomic E-state index is -3.02. The van der Waals surface area contributed by atoms with E-state index in [0.29, 0.717) is 11.4 Å². The highest BCUT2D eigenvalue weighted by Crippen LogP contribution is 2.22. The van der Waals surface area contributed by atoms with E-state index in [1.165, 1.54) is 0 Å². The molecule has 2 rings (SSSR count). The number of hydrogen-bond donors (Lipinski definition) is 1. The molecule has 1 amide bonds. The molecule has 0 unspecified atom stereocenters. The second-order valence-corrected chi connectivity index (χ2v) is 8.64. The minimum Gasteiger partial charge on any atom is -0.456 e. The predicted octanol–water partition coefficient (Wildman–Crippen LogP) is 1.89. The highest BCUT2D eigenvalue weighted by molar-refractivity contribution is 7.91. The van der Waals surface area contributed by atoms with Gasteiger partial charge in [0.1, 0.15) is 0 Å². The van der Waals surface area contributed by atoms with E-state index in [1.54, 1.807) is 25.1 Å². The maximum Gasteiger partial charge on any atom is 0.306 e. The summed E-state index contributed by atoms with van der Waals surface area (Å²) in [6, 6.07) is 6.85. The first-order valence-electron chi connectivity index (χ1n) is 7.66. The third kappa shape index (κ3) is 5.79. The van der Waals surface area contributed by atoms with Gasteiger partial charge in [0, 0.05) is 11.4 Å². The molecule has 6 nitrogen and oxygen atoms in total. The quantitative estimate of drug-likeness (QED) is 0.769. The lowest BCUT2D eigenvalue weighted by Gasteiger charge is -2.15. The second-order valence-electron chi connectivity index (χ2n) is 5.98. The summed E-state index contributed by atoms with van der Waals surface area (Å²) >= 11 is 5.90. The SMILES string of the molecule is C[C@H](NC(=O)COC(=O)C[C@@H]1CCS(=O)(=O)C1)c1cccc(Cl)c1. The fraction of sp³-hybridized carbons (Fsp3) is 0.500. The molecule has 0 aliphatic carbocycles. The van der Waals surface area contributed by atoms with Crippen LogP contribution in [-0.2, 0) is 24.2 Å². The Bertz CT molecular complexity index is 719. The Morgan fingerprint density at radius 2 is 2.17 bits per heavy atom. The van der Waals surface area contributed by atoms with Gasteiger partial charge in [0.05, 0.1) is 17.5 Å². The van der Waals surface area contributed by atoms with Crippen molar-refractivity contribution in [2.45, 2.75) is 25.8 Å². The molecule has 1 saturated heterocycles. The zero-order chi connectivity index (χ0) is 17.7. The highest BCUT2D eigenvalue weighted by Gasteiger charge is 2.30. The van der Waals surface area contributed by atoms with Gasteiger partial charge in [-0.3, -0.25) is 9.59 Å². The lowest BCUT2D eigenvalue weighted by molar-refractivity contribution is -0.149. The molecule has 1 aromatic carbocycles. The molecule has 1 aliphatic rings. The molecule has 0 bridgehead atoms. The van der Waals surface area contributed by atoms with Crippen LogP contribution in [0.2, 0.25) is 5.02 Å². The molecule has 0 aromatic heterocycles. The predicted molar refractivity (Wildman–Crippen MR) is 90.3 cm³/mol. The van der Waals surface area contributed by atoms with E-state index in [-0.39, 0.29) is 36.5 Å². The van der Waals surface area contributed by atoms with Gasteiger partial charge in [0.15, 0.2) is 16.4 Å². The molecule has 24 heavy (non-hydrogen) atoms. The van der Waals surface area contributed by atoms with E-state index in [0.717, 1.165) is 5.56 Å². The number of benzene rings is 1. The lowest BCUT2D eigenvalue weighted by Crippen LogP contribution is -2.31. The molecule has 1 N–H and O–H groups in total. The van der Waals surface area contributed by atoms with Gasteiger partial charge in [0.25, 0.3) is 5.91 Å². The van der Waals surface area contributed by atoms with Gasteiger partial charge in [-0.15, -0.1) is 0 Å². The first-order valence-corrected chi connectivity index (χ1v) is 9.86. The third-order valence-corrected chi connectivity index (χ3v) is 5.94. The monoisotopic (exact) mass is 373 g/mol. The summed E-state index contributed by atoms with van der Waals surface area (Å²) in [6.07, 6.45) is 0.492. The van der Waals surface area contributed by atoms with E-state index in [2.05, 4.69) is 5.32 Å². The van der Waals surface area contributed by atoms with Gasteiger partial charge >= 0.3 is 5.97 Å². The zero-order valence-electron chi connectivity index (χ0n) is 13.3. The van der Waals surface area contributed by atoms with Crippen molar-refractivity contribution in [2.24, 2.45) is 5.92 Å². The van der Waals surface area contributed by atoms with Crippen molar-refractivity contribution in [3.63, 3.8) is 0 Å². The van der Waals surface area contributed by atoms with Gasteiger partial charge in [-0.1, -0.05) is 23.7 Å². The first kappa shape index (κ1) is 18.7. The molecular formula is C16H20ClNO5S.